The van der Waals surface area contributed by atoms with Gasteiger partial charge in [0.25, 0.3) is 0 Å². The smallest absolute Gasteiger partial charge is 0.313 e. The van der Waals surface area contributed by atoms with E-state index in [4.69, 9.17) is 13.9 Å². The fourth-order valence-corrected chi connectivity index (χ4v) is 5.46. The molecule has 0 N–H and O–H groups in total. The van der Waals surface area contributed by atoms with Crippen LogP contribution in [0.15, 0.2) is 40.8 Å². The Morgan fingerprint density at radius 3 is 2.44 bits per heavy atom. The molecule has 6 nitrogen and oxygen atoms in total. The van der Waals surface area contributed by atoms with Crippen molar-refractivity contribution in [3.8, 4) is 5.75 Å². The van der Waals surface area contributed by atoms with Gasteiger partial charge in [0.2, 0.25) is 0 Å². The van der Waals surface area contributed by atoms with Gasteiger partial charge in [-0.2, -0.15) is 0 Å². The van der Waals surface area contributed by atoms with E-state index in [1.165, 1.54) is 0 Å². The molecule has 8 heteroatoms. The molecule has 3 aromatic rings. The van der Waals surface area contributed by atoms with Gasteiger partial charge in [-0.25, -0.2) is 0 Å². The number of ketones is 1. The number of benzene rings is 2. The lowest BCUT2D eigenvalue weighted by Crippen LogP contribution is -2.24. The first-order valence-corrected chi connectivity index (χ1v) is 13.5. The Kier molecular flexibility index (Phi) is 9.78. The van der Waals surface area contributed by atoms with Crippen molar-refractivity contribution in [1.82, 2.24) is 4.90 Å². The summed E-state index contributed by atoms with van der Waals surface area (Å²) in [5.74, 6) is 0.501. The molecule has 0 saturated carbocycles. The van der Waals surface area contributed by atoms with Crippen LogP contribution in [-0.2, 0) is 16.0 Å². The summed E-state index contributed by atoms with van der Waals surface area (Å²) in [6, 6.07) is 11.0. The molecule has 0 spiro atoms. The highest BCUT2D eigenvalue weighted by atomic mass is 127. The van der Waals surface area contributed by atoms with Gasteiger partial charge < -0.3 is 18.8 Å². The number of hydrogen-bond acceptors (Lipinski definition) is 6. The SMILES string of the molecule is CC[C@@H](C)OC(=O)Cc1oc2ccccc2c1C(=O)c1cc(I)c(OCCN(C)CC)c(I)c1. The van der Waals surface area contributed by atoms with Crippen molar-refractivity contribution in [2.24, 2.45) is 0 Å². The van der Waals surface area contributed by atoms with Crippen LogP contribution >= 0.6 is 45.2 Å². The van der Waals surface area contributed by atoms with E-state index in [1.54, 1.807) is 6.07 Å². The Hall–Kier alpha value is -1.66. The second-order valence-corrected chi connectivity index (χ2v) is 10.4. The van der Waals surface area contributed by atoms with Crippen molar-refractivity contribution in [1.29, 1.82) is 0 Å². The molecule has 0 amide bonds. The molecular formula is C26H29I2NO5. The van der Waals surface area contributed by atoms with E-state index < -0.39 is 5.97 Å². The lowest BCUT2D eigenvalue weighted by atomic mass is 9.99. The van der Waals surface area contributed by atoms with Crippen molar-refractivity contribution in [2.45, 2.75) is 39.7 Å². The summed E-state index contributed by atoms with van der Waals surface area (Å²) >= 11 is 4.40. The van der Waals surface area contributed by atoms with Gasteiger partial charge in [-0.1, -0.05) is 32.0 Å². The Morgan fingerprint density at radius 2 is 1.79 bits per heavy atom. The van der Waals surface area contributed by atoms with Gasteiger partial charge in [-0.3, -0.25) is 9.59 Å². The van der Waals surface area contributed by atoms with Gasteiger partial charge in [-0.15, -0.1) is 0 Å². The van der Waals surface area contributed by atoms with Crippen LogP contribution in [0, 0.1) is 7.14 Å². The molecule has 0 aliphatic rings. The fraction of sp³-hybridized carbons (Fsp3) is 0.385. The number of para-hydroxylation sites is 1. The number of ether oxygens (including phenoxy) is 2. The van der Waals surface area contributed by atoms with Gasteiger partial charge in [0, 0.05) is 17.5 Å². The van der Waals surface area contributed by atoms with E-state index >= 15 is 0 Å². The highest BCUT2D eigenvalue weighted by Crippen LogP contribution is 2.33. The van der Waals surface area contributed by atoms with Gasteiger partial charge in [0.05, 0.1) is 18.8 Å². The van der Waals surface area contributed by atoms with Gasteiger partial charge in [0.1, 0.15) is 30.1 Å². The fourth-order valence-electron chi connectivity index (χ4n) is 3.38. The third kappa shape index (κ3) is 6.51. The van der Waals surface area contributed by atoms with Crippen molar-refractivity contribution in [2.75, 3.05) is 26.7 Å². The molecule has 1 atom stereocenters. The first-order valence-electron chi connectivity index (χ1n) is 11.3. The minimum absolute atomic E-state index is 0.0968. The third-order valence-electron chi connectivity index (χ3n) is 5.63. The van der Waals surface area contributed by atoms with Crippen LogP contribution in [0.25, 0.3) is 11.0 Å². The number of hydrogen-bond donors (Lipinski definition) is 0. The Labute approximate surface area is 227 Å². The summed E-state index contributed by atoms with van der Waals surface area (Å²) in [7, 11) is 2.05. The molecule has 34 heavy (non-hydrogen) atoms. The predicted molar refractivity (Wildman–Crippen MR) is 150 cm³/mol. The number of carbonyl (C=O) groups excluding carboxylic acids is 2. The standard InChI is InChI=1S/C26H29I2NO5/c1-5-16(3)33-23(30)15-22-24(18-9-7-8-10-21(18)34-22)25(31)17-13-19(27)26(20(28)14-17)32-12-11-29(4)6-2/h7-10,13-14,16H,5-6,11-12,15H2,1-4H3/t16-/m1/s1. The summed E-state index contributed by atoms with van der Waals surface area (Å²) in [4.78, 5) is 28.3. The highest BCUT2D eigenvalue weighted by Gasteiger charge is 2.26. The molecule has 0 aliphatic carbocycles. The van der Waals surface area contributed by atoms with E-state index in [0.29, 0.717) is 34.5 Å². The van der Waals surface area contributed by atoms with Crippen LogP contribution < -0.4 is 4.74 Å². The zero-order chi connectivity index (χ0) is 24.8. The largest absolute Gasteiger partial charge is 0.490 e. The number of furan rings is 1. The Balaban J connectivity index is 1.92. The van der Waals surface area contributed by atoms with Crippen molar-refractivity contribution in [3.05, 3.63) is 60.4 Å². The normalized spacial score (nSPS) is 12.2. The number of carbonyl (C=O) groups is 2. The average Bonchev–Trinajstić information content (AvgIpc) is 3.17. The van der Waals surface area contributed by atoms with E-state index in [-0.39, 0.29) is 18.3 Å². The Bertz CT molecular complexity index is 1150. The minimum atomic E-state index is -0.410. The number of fused-ring (bicyclic) bond motifs is 1. The van der Waals surface area contributed by atoms with Crippen LogP contribution in [0.2, 0.25) is 0 Å². The van der Waals surface area contributed by atoms with E-state index in [2.05, 4.69) is 57.0 Å². The number of rotatable bonds is 11. The highest BCUT2D eigenvalue weighted by molar-refractivity contribution is 14.1. The first-order chi connectivity index (χ1) is 16.2. The number of likely N-dealkylation sites (N-methyl/N-ethyl adjacent to an activating group) is 1. The van der Waals surface area contributed by atoms with E-state index in [0.717, 1.165) is 32.4 Å². The molecule has 182 valence electrons. The van der Waals surface area contributed by atoms with Gasteiger partial charge in [0.15, 0.2) is 5.78 Å². The van der Waals surface area contributed by atoms with Crippen molar-refractivity contribution >= 4 is 67.9 Å². The van der Waals surface area contributed by atoms with Crippen molar-refractivity contribution in [3.63, 3.8) is 0 Å². The lowest BCUT2D eigenvalue weighted by Gasteiger charge is -2.16. The average molecular weight is 689 g/mol. The van der Waals surface area contributed by atoms with E-state index in [9.17, 15) is 9.59 Å². The van der Waals surface area contributed by atoms with Crippen LogP contribution in [0.3, 0.4) is 0 Å². The summed E-state index contributed by atoms with van der Waals surface area (Å²) in [6.45, 7) is 8.24. The molecule has 3 rings (SSSR count). The second-order valence-electron chi connectivity index (χ2n) is 8.12. The second kappa shape index (κ2) is 12.3. The zero-order valence-electron chi connectivity index (χ0n) is 19.8. The molecule has 0 fully saturated rings. The van der Waals surface area contributed by atoms with Gasteiger partial charge >= 0.3 is 5.97 Å². The summed E-state index contributed by atoms with van der Waals surface area (Å²) in [5.41, 5.74) is 1.50. The van der Waals surface area contributed by atoms with Gasteiger partial charge in [-0.05, 0) is 90.3 Å². The van der Waals surface area contributed by atoms with Crippen molar-refractivity contribution < 1.29 is 23.5 Å². The quantitative estimate of drug-likeness (QED) is 0.138. The maximum atomic E-state index is 13.7. The maximum Gasteiger partial charge on any atom is 0.313 e. The summed E-state index contributed by atoms with van der Waals surface area (Å²) in [6.07, 6.45) is 0.432. The number of nitrogens with zero attached hydrogens (tertiary/aromatic N) is 1. The monoisotopic (exact) mass is 689 g/mol. The van der Waals surface area contributed by atoms with Crippen LogP contribution in [0.5, 0.6) is 5.75 Å². The van der Waals surface area contributed by atoms with Crippen LogP contribution in [0.1, 0.15) is 48.9 Å². The molecule has 0 radical (unpaired) electrons. The zero-order valence-corrected chi connectivity index (χ0v) is 24.1. The van der Waals surface area contributed by atoms with Crippen LogP contribution in [-0.4, -0.2) is 49.5 Å². The lowest BCUT2D eigenvalue weighted by molar-refractivity contribution is -0.147. The molecule has 0 aliphatic heterocycles. The molecular weight excluding hydrogens is 660 g/mol. The summed E-state index contributed by atoms with van der Waals surface area (Å²) in [5, 5.41) is 0.687. The first kappa shape index (κ1) is 26.9. The number of esters is 1. The molecule has 1 heterocycles. The molecule has 1 aromatic heterocycles. The number of halogens is 2. The maximum absolute atomic E-state index is 13.7. The molecule has 0 saturated heterocycles. The third-order valence-corrected chi connectivity index (χ3v) is 7.23. The van der Waals surface area contributed by atoms with Crippen LogP contribution in [0.4, 0.5) is 0 Å². The Morgan fingerprint density at radius 1 is 1.12 bits per heavy atom. The molecule has 2 aromatic carbocycles. The molecule has 0 bridgehead atoms. The summed E-state index contributed by atoms with van der Waals surface area (Å²) < 4.78 is 19.1. The topological polar surface area (TPSA) is 69.0 Å². The predicted octanol–water partition coefficient (Wildman–Crippen LogP) is 6.09. The molecule has 0 unspecified atom stereocenters. The minimum Gasteiger partial charge on any atom is -0.490 e. The van der Waals surface area contributed by atoms with E-state index in [1.807, 2.05) is 51.2 Å².